The van der Waals surface area contributed by atoms with Gasteiger partial charge in [0.05, 0.1) is 21.3 Å². The van der Waals surface area contributed by atoms with Crippen LogP contribution in [0.5, 0.6) is 0 Å². The summed E-state index contributed by atoms with van der Waals surface area (Å²) in [6.45, 7) is 1.92. The van der Waals surface area contributed by atoms with Gasteiger partial charge in [-0.3, -0.25) is 5.43 Å². The molecule has 0 aliphatic carbocycles. The van der Waals surface area contributed by atoms with Gasteiger partial charge in [0, 0.05) is 0 Å². The summed E-state index contributed by atoms with van der Waals surface area (Å²) in [6, 6.07) is 0. The smallest absolute Gasteiger partial charge is 0.184 e. The minimum absolute atomic E-state index is 0.147. The van der Waals surface area contributed by atoms with Gasteiger partial charge in [-0.2, -0.15) is 9.47 Å². The summed E-state index contributed by atoms with van der Waals surface area (Å²) < 4.78 is 5.08. The molecule has 0 saturated carbocycles. The molecule has 0 aromatic carbocycles. The lowest BCUT2D eigenvalue weighted by atomic mass is 10.4. The molecule has 0 unspecified atom stereocenters. The first-order valence-electron chi connectivity index (χ1n) is 3.31. The van der Waals surface area contributed by atoms with Crippen molar-refractivity contribution in [3.8, 4) is 0 Å². The summed E-state index contributed by atoms with van der Waals surface area (Å²) in [7, 11) is 0. The number of halogens is 1. The number of nitrogens with zero attached hydrogens (tertiary/aromatic N) is 2. The number of nitrogens with one attached hydrogen (secondary N) is 1. The number of hydrazone groups is 1. The van der Waals surface area contributed by atoms with E-state index in [0.717, 1.165) is 15.0 Å². The highest BCUT2D eigenvalue weighted by atomic mass is 79.9. The fourth-order valence-electron chi connectivity index (χ4n) is 0.611. The third-order valence-electron chi connectivity index (χ3n) is 1.17. The van der Waals surface area contributed by atoms with Crippen LogP contribution in [0.4, 0.5) is 0 Å². The average molecular weight is 279 g/mol. The number of aryl methyl sites for hydroxylation is 1. The molecule has 3 N–H and O–H groups in total. The second-order valence-corrected chi connectivity index (χ2v) is 4.22. The summed E-state index contributed by atoms with van der Waals surface area (Å²) in [5.41, 5.74) is 8.60. The molecule has 1 rings (SSSR count). The fourth-order valence-corrected chi connectivity index (χ4v) is 1.84. The van der Waals surface area contributed by atoms with Gasteiger partial charge in [0.1, 0.15) is 0 Å². The topological polar surface area (TPSA) is 63.3 Å². The van der Waals surface area contributed by atoms with Crippen LogP contribution in [0.2, 0.25) is 0 Å². The lowest BCUT2D eigenvalue weighted by Crippen LogP contribution is -2.23. The van der Waals surface area contributed by atoms with E-state index in [2.05, 4.69) is 43.0 Å². The first-order chi connectivity index (χ1) is 6.11. The van der Waals surface area contributed by atoms with Crippen LogP contribution >= 0.6 is 39.7 Å². The standard InChI is InChI=1S/C6H7BrN4S2/c1-3-5(7)4(13-11-3)2-9-10-6(8)12/h2H,1H3,(H3,8,10,12). The molecule has 0 aliphatic heterocycles. The number of rotatable bonds is 2. The number of nitrogens with two attached hydrogens (primary N) is 1. The van der Waals surface area contributed by atoms with Gasteiger partial charge in [-0.05, 0) is 46.6 Å². The largest absolute Gasteiger partial charge is 0.375 e. The Labute approximate surface area is 93.5 Å². The van der Waals surface area contributed by atoms with Gasteiger partial charge in [-0.25, -0.2) is 0 Å². The molecular formula is C6H7BrN4S2. The zero-order chi connectivity index (χ0) is 9.84. The van der Waals surface area contributed by atoms with Crippen molar-refractivity contribution >= 4 is 51.0 Å². The van der Waals surface area contributed by atoms with Crippen molar-refractivity contribution < 1.29 is 0 Å². The summed E-state index contributed by atoms with van der Waals surface area (Å²) in [5, 5.41) is 3.96. The Morgan fingerprint density at radius 1 is 1.85 bits per heavy atom. The van der Waals surface area contributed by atoms with Crippen LogP contribution in [0.15, 0.2) is 9.57 Å². The van der Waals surface area contributed by atoms with Crippen molar-refractivity contribution in [2.24, 2.45) is 10.8 Å². The molecule has 13 heavy (non-hydrogen) atoms. The zero-order valence-electron chi connectivity index (χ0n) is 6.74. The maximum Gasteiger partial charge on any atom is 0.184 e. The average Bonchev–Trinajstić information content (AvgIpc) is 2.35. The number of thiocarbonyl (C=S) groups is 1. The monoisotopic (exact) mass is 278 g/mol. The van der Waals surface area contributed by atoms with E-state index in [4.69, 9.17) is 5.73 Å². The summed E-state index contributed by atoms with van der Waals surface area (Å²) in [6.07, 6.45) is 1.62. The Kier molecular flexibility index (Phi) is 3.76. The van der Waals surface area contributed by atoms with E-state index in [-0.39, 0.29) is 5.11 Å². The van der Waals surface area contributed by atoms with Crippen LogP contribution in [0.25, 0.3) is 0 Å². The highest BCUT2D eigenvalue weighted by Crippen LogP contribution is 2.22. The molecular weight excluding hydrogens is 272 g/mol. The van der Waals surface area contributed by atoms with Crippen molar-refractivity contribution in [2.75, 3.05) is 0 Å². The lowest BCUT2D eigenvalue weighted by Gasteiger charge is -1.92. The van der Waals surface area contributed by atoms with Crippen LogP contribution in [-0.2, 0) is 0 Å². The second-order valence-electron chi connectivity index (χ2n) is 2.18. The lowest BCUT2D eigenvalue weighted by molar-refractivity contribution is 1.04. The Morgan fingerprint density at radius 3 is 3.00 bits per heavy atom. The molecule has 0 fully saturated rings. The van der Waals surface area contributed by atoms with Gasteiger partial charge in [0.25, 0.3) is 0 Å². The van der Waals surface area contributed by atoms with E-state index >= 15 is 0 Å². The van der Waals surface area contributed by atoms with E-state index in [1.165, 1.54) is 11.5 Å². The van der Waals surface area contributed by atoms with Crippen molar-refractivity contribution in [3.63, 3.8) is 0 Å². The third kappa shape index (κ3) is 3.02. The molecule has 0 radical (unpaired) electrons. The quantitative estimate of drug-likeness (QED) is 0.488. The van der Waals surface area contributed by atoms with E-state index in [1.54, 1.807) is 6.21 Å². The van der Waals surface area contributed by atoms with Crippen molar-refractivity contribution in [1.82, 2.24) is 9.80 Å². The van der Waals surface area contributed by atoms with Crippen molar-refractivity contribution in [3.05, 3.63) is 15.0 Å². The van der Waals surface area contributed by atoms with Crippen LogP contribution in [0.3, 0.4) is 0 Å². The number of hydrogen-bond donors (Lipinski definition) is 2. The first kappa shape index (κ1) is 10.6. The van der Waals surface area contributed by atoms with Crippen LogP contribution in [-0.4, -0.2) is 15.7 Å². The Bertz CT molecular complexity index is 346. The number of hydrogen-bond acceptors (Lipinski definition) is 4. The predicted octanol–water partition coefficient (Wildman–Crippen LogP) is 1.38. The normalized spacial score (nSPS) is 10.6. The van der Waals surface area contributed by atoms with Gasteiger partial charge in [-0.1, -0.05) is 0 Å². The Morgan fingerprint density at radius 2 is 2.54 bits per heavy atom. The Hall–Kier alpha value is -0.530. The summed E-state index contributed by atoms with van der Waals surface area (Å²) in [4.78, 5) is 0.932. The highest BCUT2D eigenvalue weighted by molar-refractivity contribution is 9.10. The molecule has 0 saturated heterocycles. The second kappa shape index (κ2) is 4.64. The minimum atomic E-state index is 0.147. The van der Waals surface area contributed by atoms with Crippen molar-refractivity contribution in [1.29, 1.82) is 0 Å². The molecule has 0 atom stereocenters. The summed E-state index contributed by atoms with van der Waals surface area (Å²) >= 11 is 9.32. The molecule has 0 aliphatic rings. The first-order valence-corrected chi connectivity index (χ1v) is 5.29. The van der Waals surface area contributed by atoms with Gasteiger partial charge in [-0.15, -0.1) is 0 Å². The number of aromatic nitrogens is 1. The maximum atomic E-state index is 5.18. The fraction of sp³-hybridized carbons (Fsp3) is 0.167. The summed E-state index contributed by atoms with van der Waals surface area (Å²) in [5.74, 6) is 0. The van der Waals surface area contributed by atoms with Crippen LogP contribution < -0.4 is 11.2 Å². The minimum Gasteiger partial charge on any atom is -0.375 e. The van der Waals surface area contributed by atoms with Gasteiger partial charge < -0.3 is 5.73 Å². The van der Waals surface area contributed by atoms with E-state index in [0.29, 0.717) is 0 Å². The van der Waals surface area contributed by atoms with Gasteiger partial charge in [0.15, 0.2) is 5.11 Å². The van der Waals surface area contributed by atoms with Gasteiger partial charge in [0.2, 0.25) is 0 Å². The zero-order valence-corrected chi connectivity index (χ0v) is 9.96. The molecule has 70 valence electrons. The SMILES string of the molecule is Cc1nsc(C=NNC(N)=S)c1Br. The van der Waals surface area contributed by atoms with E-state index in [1.807, 2.05) is 6.92 Å². The molecule has 1 aromatic rings. The van der Waals surface area contributed by atoms with Crippen LogP contribution in [0, 0.1) is 6.92 Å². The Balaban J connectivity index is 2.69. The van der Waals surface area contributed by atoms with E-state index < -0.39 is 0 Å². The molecule has 4 nitrogen and oxygen atoms in total. The molecule has 0 bridgehead atoms. The predicted molar refractivity (Wildman–Crippen MR) is 62.1 cm³/mol. The van der Waals surface area contributed by atoms with Gasteiger partial charge >= 0.3 is 0 Å². The molecule has 1 aromatic heterocycles. The molecule has 1 heterocycles. The van der Waals surface area contributed by atoms with Crippen molar-refractivity contribution in [2.45, 2.75) is 6.92 Å². The maximum absolute atomic E-state index is 5.18. The molecule has 7 heteroatoms. The molecule has 0 amide bonds. The third-order valence-corrected chi connectivity index (χ3v) is 3.40. The van der Waals surface area contributed by atoms with Crippen LogP contribution in [0.1, 0.15) is 10.6 Å². The highest BCUT2D eigenvalue weighted by Gasteiger charge is 2.04. The van der Waals surface area contributed by atoms with E-state index in [9.17, 15) is 0 Å². The molecule has 0 spiro atoms.